The Bertz CT molecular complexity index is 1670. The van der Waals surface area contributed by atoms with Crippen molar-refractivity contribution in [1.82, 2.24) is 0 Å². The monoisotopic (exact) mass is 1160 g/mol. The van der Waals surface area contributed by atoms with Gasteiger partial charge in [0.15, 0.2) is 8.46 Å². The van der Waals surface area contributed by atoms with Gasteiger partial charge >= 0.3 is 32.6 Å². The molecule has 0 N–H and O–H groups in total. The van der Waals surface area contributed by atoms with Crippen LogP contribution in [0.1, 0.15) is 282 Å². The first-order valence-electron chi connectivity index (χ1n) is 31.7. The largest absolute Gasteiger partial charge is 0.465 e. The minimum absolute atomic E-state index is 0.129. The Morgan fingerprint density at radius 2 is 0.775 bits per heavy atom. The van der Waals surface area contributed by atoms with Gasteiger partial charge < -0.3 is 28.2 Å². The Morgan fingerprint density at radius 1 is 0.463 bits per heavy atom. The van der Waals surface area contributed by atoms with E-state index < -0.39 is 23.8 Å². The summed E-state index contributed by atoms with van der Waals surface area (Å²) < 4.78 is 50.7. The third kappa shape index (κ3) is 43.0. The first-order chi connectivity index (χ1) is 39.1. The van der Waals surface area contributed by atoms with Crippen molar-refractivity contribution >= 4 is 41.0 Å². The molecule has 1 aliphatic carbocycles. The summed E-state index contributed by atoms with van der Waals surface area (Å²) in [6.07, 6.45) is 35.9. The molecule has 0 aromatic heterocycles. The molecular formula is C66H114O12P2. The maximum absolute atomic E-state index is 12.6. The highest BCUT2D eigenvalue weighted by molar-refractivity contribution is 7.22. The van der Waals surface area contributed by atoms with Crippen molar-refractivity contribution in [2.75, 3.05) is 33.1 Å². The molecule has 0 bridgehead atoms. The molecule has 12 nitrogen and oxygen atoms in total. The van der Waals surface area contributed by atoms with E-state index in [0.717, 1.165) is 57.3 Å². The number of fused-ring (bicyclic) bond motifs is 1. The summed E-state index contributed by atoms with van der Waals surface area (Å²) in [6, 6.07) is 15.7. The molecule has 0 radical (unpaired) electrons. The summed E-state index contributed by atoms with van der Waals surface area (Å²) in [6.45, 7) is 22.9. The molecule has 0 spiro atoms. The molecule has 1 aliphatic heterocycles. The number of unbranched alkanes of at least 4 members (excludes halogenated alkanes) is 21. The van der Waals surface area contributed by atoms with E-state index >= 15 is 0 Å². The van der Waals surface area contributed by atoms with Crippen LogP contribution < -0.4 is 4.52 Å². The lowest BCUT2D eigenvalue weighted by molar-refractivity contribution is -0.162. The minimum atomic E-state index is -0.444. The second kappa shape index (κ2) is 58.5. The Labute approximate surface area is 491 Å². The summed E-state index contributed by atoms with van der Waals surface area (Å²) in [7, 11) is -0.138. The van der Waals surface area contributed by atoms with Crippen molar-refractivity contribution in [1.29, 1.82) is 0 Å². The van der Waals surface area contributed by atoms with Gasteiger partial charge in [0, 0.05) is 6.66 Å². The quantitative estimate of drug-likeness (QED) is 0.0205. The standard InChI is InChI=1S/C24H42O5.C24H38O4.C9H20.C6H5O2P.C2H6.CH3OP/c1-3-5-7-9-11-13-15-27-23(25)19-17-21-22(29-21)18-20(19)24(26)28-16-14-12-10-8-6-4-2;1-3-5-7-9-11-15-19-27-23(25)21-17-13-14-18-22(21)24(26)28-20-16-12-10-8-6-4-2;1-4-7-8-9(5-2)6-3;7-9-8-6-4-2-1-3-5-6;1-2;1-3-2/h19-22H,3-18H2,1-2H3;13-14,17-18H,3-12,15-16,19-20H2,1-2H3;9H,4-8H2,1-3H3;1-5H;1-2H3;1H3. The van der Waals surface area contributed by atoms with Gasteiger partial charge in [0.1, 0.15) is 5.75 Å². The van der Waals surface area contributed by atoms with E-state index in [1.807, 2.05) is 32.0 Å². The fourth-order valence-electron chi connectivity index (χ4n) is 9.07. The van der Waals surface area contributed by atoms with Gasteiger partial charge in [0.25, 0.3) is 0 Å². The van der Waals surface area contributed by atoms with Gasteiger partial charge in [0.05, 0.1) is 61.6 Å². The van der Waals surface area contributed by atoms with Crippen molar-refractivity contribution < 1.29 is 56.5 Å². The van der Waals surface area contributed by atoms with Crippen LogP contribution in [-0.4, -0.2) is 69.2 Å². The van der Waals surface area contributed by atoms with Crippen LogP contribution in [0.25, 0.3) is 0 Å². The predicted molar refractivity (Wildman–Crippen MR) is 330 cm³/mol. The van der Waals surface area contributed by atoms with Gasteiger partial charge in [0.2, 0.25) is 0 Å². The minimum Gasteiger partial charge on any atom is -0.465 e. The van der Waals surface area contributed by atoms with Gasteiger partial charge in [-0.15, -0.1) is 0 Å². The normalized spacial score (nSPS) is 15.5. The summed E-state index contributed by atoms with van der Waals surface area (Å²) in [4.78, 5) is 49.9. The van der Waals surface area contributed by atoms with E-state index in [1.165, 1.54) is 135 Å². The van der Waals surface area contributed by atoms with Gasteiger partial charge in [-0.2, -0.15) is 0 Å². The van der Waals surface area contributed by atoms with Crippen LogP contribution in [0.3, 0.4) is 0 Å². The fraction of sp³-hybridized carbons (Fsp3) is 0.758. The molecule has 1 heterocycles. The molecule has 2 aliphatic rings. The lowest BCUT2D eigenvalue weighted by Crippen LogP contribution is -2.37. The van der Waals surface area contributed by atoms with E-state index in [9.17, 15) is 23.7 Å². The molecule has 2 aromatic carbocycles. The van der Waals surface area contributed by atoms with Crippen molar-refractivity contribution in [3.8, 4) is 5.75 Å². The van der Waals surface area contributed by atoms with Crippen LogP contribution in [0.15, 0.2) is 54.6 Å². The molecule has 460 valence electrons. The molecule has 4 unspecified atom stereocenters. The summed E-state index contributed by atoms with van der Waals surface area (Å²) in [5.41, 5.74) is 0.586. The highest BCUT2D eigenvalue weighted by Gasteiger charge is 2.53. The maximum Gasteiger partial charge on any atom is 0.395 e. The zero-order valence-electron chi connectivity index (χ0n) is 52.1. The average Bonchev–Trinajstić information content (AvgIpc) is 4.26. The molecule has 1 saturated heterocycles. The topological polar surface area (TPSA) is 161 Å². The van der Waals surface area contributed by atoms with Gasteiger partial charge in [-0.05, 0) is 68.7 Å². The van der Waals surface area contributed by atoms with E-state index in [4.69, 9.17) is 28.2 Å². The SMILES string of the molecule is CC.CCCCC(CC)CC.CCCCCCCCOC(=O)C1CC2OC2CC1C(=O)OCCCCCCCC.CCCCCCCCOC(=O)c1ccccc1C(=O)OCCCCCCCC.CP=O.O=POc1ccccc1. The molecule has 80 heavy (non-hydrogen) atoms. The molecule has 0 amide bonds. The fourth-order valence-corrected chi connectivity index (χ4v) is 9.28. The van der Waals surface area contributed by atoms with E-state index in [0.29, 0.717) is 56.1 Å². The third-order valence-electron chi connectivity index (χ3n) is 14.1. The van der Waals surface area contributed by atoms with Crippen molar-refractivity contribution in [2.45, 2.75) is 274 Å². The number of esters is 4. The van der Waals surface area contributed by atoms with Crippen LogP contribution in [0, 0.1) is 17.8 Å². The Kier molecular flexibility index (Phi) is 57.3. The second-order valence-electron chi connectivity index (χ2n) is 20.6. The van der Waals surface area contributed by atoms with E-state index in [-0.39, 0.29) is 41.3 Å². The summed E-state index contributed by atoms with van der Waals surface area (Å²) in [5, 5.41) is 0. The van der Waals surface area contributed by atoms with Gasteiger partial charge in [-0.25, -0.2) is 14.2 Å². The van der Waals surface area contributed by atoms with Crippen LogP contribution in [0.2, 0.25) is 0 Å². The summed E-state index contributed by atoms with van der Waals surface area (Å²) >= 11 is 0. The molecule has 4 rings (SSSR count). The van der Waals surface area contributed by atoms with Crippen LogP contribution in [0.5, 0.6) is 5.75 Å². The smallest absolute Gasteiger partial charge is 0.395 e. The number of hydrogen-bond donors (Lipinski definition) is 0. The number of ether oxygens (including phenoxy) is 5. The van der Waals surface area contributed by atoms with Crippen molar-refractivity contribution in [3.05, 3.63) is 65.7 Å². The first-order valence-corrected chi connectivity index (χ1v) is 33.7. The number of rotatable bonds is 39. The van der Waals surface area contributed by atoms with E-state index in [1.54, 1.807) is 43.1 Å². The van der Waals surface area contributed by atoms with Crippen LogP contribution in [-0.2, 0) is 42.4 Å². The summed E-state index contributed by atoms with van der Waals surface area (Å²) in [5.74, 6) is -0.560. The van der Waals surface area contributed by atoms with Crippen LogP contribution in [0.4, 0.5) is 0 Å². The Balaban J connectivity index is 0. The molecule has 2 aromatic rings. The van der Waals surface area contributed by atoms with E-state index in [2.05, 4.69) is 53.0 Å². The zero-order chi connectivity index (χ0) is 59.7. The first kappa shape index (κ1) is 78.3. The van der Waals surface area contributed by atoms with Gasteiger partial charge in [-0.3, -0.25) is 14.2 Å². The number of hydrogen-bond acceptors (Lipinski definition) is 12. The lowest BCUT2D eigenvalue weighted by Gasteiger charge is -2.26. The second-order valence-corrected chi connectivity index (χ2v) is 21.3. The highest BCUT2D eigenvalue weighted by Crippen LogP contribution is 2.44. The van der Waals surface area contributed by atoms with Crippen molar-refractivity contribution in [3.63, 3.8) is 0 Å². The number of para-hydroxylation sites is 1. The molecule has 2 fully saturated rings. The lowest BCUT2D eigenvalue weighted by atomic mass is 9.79. The highest BCUT2D eigenvalue weighted by atomic mass is 31.1. The Hall–Kier alpha value is -3.72. The average molecular weight is 1160 g/mol. The van der Waals surface area contributed by atoms with Crippen molar-refractivity contribution in [2.24, 2.45) is 17.8 Å². The number of benzene rings is 2. The Morgan fingerprint density at radius 3 is 1.10 bits per heavy atom. The molecule has 4 atom stereocenters. The molecular weight excluding hydrogens is 1050 g/mol. The molecule has 14 heteroatoms. The van der Waals surface area contributed by atoms with Gasteiger partial charge in [-0.1, -0.05) is 253 Å². The number of carbonyl (C=O) groups excluding carboxylic acids is 4. The molecule has 1 saturated carbocycles. The number of carbonyl (C=O) groups is 4. The maximum atomic E-state index is 12.6. The predicted octanol–water partition coefficient (Wildman–Crippen LogP) is 20.1. The zero-order valence-corrected chi connectivity index (χ0v) is 53.9. The third-order valence-corrected chi connectivity index (χ3v) is 14.4. The number of epoxide rings is 1. The van der Waals surface area contributed by atoms with Crippen LogP contribution >= 0.6 is 17.1 Å².